The van der Waals surface area contributed by atoms with Crippen molar-refractivity contribution in [2.75, 3.05) is 32.1 Å². The van der Waals surface area contributed by atoms with Crippen LogP contribution in [0.5, 0.6) is 0 Å². The highest BCUT2D eigenvalue weighted by Gasteiger charge is 2.22. The van der Waals surface area contributed by atoms with Crippen molar-refractivity contribution in [3.8, 4) is 0 Å². The van der Waals surface area contributed by atoms with Crippen LogP contribution < -0.4 is 10.2 Å². The first-order chi connectivity index (χ1) is 13.0. The molecule has 0 radical (unpaired) electrons. The van der Waals surface area contributed by atoms with Crippen LogP contribution in [0.25, 0.3) is 0 Å². The van der Waals surface area contributed by atoms with Gasteiger partial charge in [-0.15, -0.1) is 0 Å². The second-order valence-electron chi connectivity index (χ2n) is 6.94. The Balaban J connectivity index is 1.70. The predicted octanol–water partition coefficient (Wildman–Crippen LogP) is 2.99. The zero-order valence-corrected chi connectivity index (χ0v) is 15.6. The molecule has 2 amide bonds. The van der Waals surface area contributed by atoms with Crippen molar-refractivity contribution in [2.24, 2.45) is 0 Å². The Labute approximate surface area is 158 Å². The van der Waals surface area contributed by atoms with Crippen LogP contribution in [0.3, 0.4) is 0 Å². The van der Waals surface area contributed by atoms with Crippen molar-refractivity contribution in [3.63, 3.8) is 0 Å². The molecular weight excluding hydrogens is 345 g/mol. The summed E-state index contributed by atoms with van der Waals surface area (Å²) in [5.74, 6) is -0.424. The molecule has 6 heteroatoms. The third-order valence-electron chi connectivity index (χ3n) is 4.81. The first kappa shape index (κ1) is 19.0. The molecule has 2 aromatic carbocycles. The number of rotatable bonds is 6. The molecule has 3 rings (SSSR count). The monoisotopic (exact) mass is 369 g/mol. The van der Waals surface area contributed by atoms with Crippen LogP contribution in [0.2, 0.25) is 0 Å². The van der Waals surface area contributed by atoms with Gasteiger partial charge in [0.1, 0.15) is 5.82 Å². The van der Waals surface area contributed by atoms with Crippen LogP contribution in [0.1, 0.15) is 34.8 Å². The zero-order chi connectivity index (χ0) is 19.4. The lowest BCUT2D eigenvalue weighted by Crippen LogP contribution is -2.34. The lowest BCUT2D eigenvalue weighted by atomic mass is 10.1. The molecule has 1 aliphatic rings. The first-order valence-electron chi connectivity index (χ1n) is 9.06. The second-order valence-corrected chi connectivity index (χ2v) is 6.94. The number of carbonyl (C=O) groups is 2. The number of benzene rings is 2. The molecule has 0 spiro atoms. The second kappa shape index (κ2) is 8.31. The normalized spacial score (nSPS) is 15.3. The fourth-order valence-corrected chi connectivity index (χ4v) is 3.34. The summed E-state index contributed by atoms with van der Waals surface area (Å²) in [6, 6.07) is 13.3. The van der Waals surface area contributed by atoms with E-state index in [0.717, 1.165) is 17.7 Å². The van der Waals surface area contributed by atoms with Gasteiger partial charge >= 0.3 is 0 Å². The largest absolute Gasteiger partial charge is 0.350 e. The Morgan fingerprint density at radius 3 is 2.67 bits per heavy atom. The molecule has 0 aromatic heterocycles. The van der Waals surface area contributed by atoms with E-state index in [1.807, 2.05) is 31.1 Å². The Bertz CT molecular complexity index is 838. The molecule has 0 saturated carbocycles. The van der Waals surface area contributed by atoms with E-state index in [1.165, 1.54) is 12.1 Å². The number of amides is 2. The highest BCUT2D eigenvalue weighted by molar-refractivity contribution is 5.99. The Kier molecular flexibility index (Phi) is 5.86. The van der Waals surface area contributed by atoms with Gasteiger partial charge in [-0.25, -0.2) is 4.39 Å². The summed E-state index contributed by atoms with van der Waals surface area (Å²) in [5, 5.41) is 2.92. The maximum Gasteiger partial charge on any atom is 0.251 e. The highest BCUT2D eigenvalue weighted by atomic mass is 19.1. The lowest BCUT2D eigenvalue weighted by molar-refractivity contribution is -0.117. The number of halogens is 1. The van der Waals surface area contributed by atoms with Crippen molar-refractivity contribution in [1.29, 1.82) is 0 Å². The van der Waals surface area contributed by atoms with Crippen LogP contribution in [0, 0.1) is 5.82 Å². The predicted molar refractivity (Wildman–Crippen MR) is 103 cm³/mol. The molecule has 1 heterocycles. The summed E-state index contributed by atoms with van der Waals surface area (Å²) in [7, 11) is 3.78. The average Bonchev–Trinajstić information content (AvgIpc) is 3.07. The van der Waals surface area contributed by atoms with Crippen LogP contribution in [-0.4, -0.2) is 43.9 Å². The van der Waals surface area contributed by atoms with E-state index < -0.39 is 0 Å². The molecule has 2 aromatic rings. The number of carbonyl (C=O) groups excluding carboxylic acids is 2. The molecule has 0 aliphatic carbocycles. The van der Waals surface area contributed by atoms with E-state index >= 15 is 0 Å². The first-order valence-corrected chi connectivity index (χ1v) is 9.06. The van der Waals surface area contributed by atoms with Crippen LogP contribution in [-0.2, 0) is 4.79 Å². The summed E-state index contributed by atoms with van der Waals surface area (Å²) in [6.45, 7) is 1.04. The Hall–Kier alpha value is -2.73. The SMILES string of the molecule is CN(C)[C@@H](CNC(=O)c1cccc(N2CCCC2=O)c1)c1cccc(F)c1. The number of hydrogen-bond donors (Lipinski definition) is 1. The van der Waals surface area contributed by atoms with E-state index in [2.05, 4.69) is 5.32 Å². The number of nitrogens with one attached hydrogen (secondary N) is 1. The summed E-state index contributed by atoms with van der Waals surface area (Å²) in [4.78, 5) is 28.2. The molecule has 0 bridgehead atoms. The van der Waals surface area contributed by atoms with Crippen molar-refractivity contribution in [2.45, 2.75) is 18.9 Å². The summed E-state index contributed by atoms with van der Waals surface area (Å²) < 4.78 is 13.5. The molecule has 1 atom stereocenters. The number of likely N-dealkylation sites (N-methyl/N-ethyl adjacent to an activating group) is 1. The van der Waals surface area contributed by atoms with Crippen molar-refractivity contribution < 1.29 is 14.0 Å². The number of nitrogens with zero attached hydrogens (tertiary/aromatic N) is 2. The minimum atomic E-state index is -0.298. The van der Waals surface area contributed by atoms with Gasteiger partial charge in [-0.1, -0.05) is 18.2 Å². The molecule has 142 valence electrons. The molecule has 27 heavy (non-hydrogen) atoms. The van der Waals surface area contributed by atoms with Gasteiger partial charge < -0.3 is 15.1 Å². The standard InChI is InChI=1S/C21H24FN3O2/c1-24(2)19(15-6-3-8-17(22)12-15)14-23-21(27)16-7-4-9-18(13-16)25-11-5-10-20(25)26/h3-4,6-9,12-13,19H,5,10-11,14H2,1-2H3,(H,23,27)/t19-/m0/s1. The maximum atomic E-state index is 13.5. The van der Waals surface area contributed by atoms with E-state index in [-0.39, 0.29) is 23.7 Å². The van der Waals surface area contributed by atoms with Gasteiger partial charge in [0.25, 0.3) is 5.91 Å². The Morgan fingerprint density at radius 1 is 1.22 bits per heavy atom. The minimum absolute atomic E-state index is 0.0892. The molecule has 1 N–H and O–H groups in total. The topological polar surface area (TPSA) is 52.7 Å². The molecule has 1 aliphatic heterocycles. The van der Waals surface area contributed by atoms with Gasteiger partial charge in [0, 0.05) is 30.8 Å². The third kappa shape index (κ3) is 4.52. The van der Waals surface area contributed by atoms with Gasteiger partial charge in [-0.2, -0.15) is 0 Å². The van der Waals surface area contributed by atoms with Crippen LogP contribution >= 0.6 is 0 Å². The van der Waals surface area contributed by atoms with Crippen molar-refractivity contribution >= 4 is 17.5 Å². The van der Waals surface area contributed by atoms with E-state index in [9.17, 15) is 14.0 Å². The summed E-state index contributed by atoms with van der Waals surface area (Å²) in [5.41, 5.74) is 2.06. The smallest absolute Gasteiger partial charge is 0.251 e. The fourth-order valence-electron chi connectivity index (χ4n) is 3.34. The quantitative estimate of drug-likeness (QED) is 0.852. The maximum absolute atomic E-state index is 13.5. The fraction of sp³-hybridized carbons (Fsp3) is 0.333. The van der Waals surface area contributed by atoms with E-state index in [1.54, 1.807) is 29.2 Å². The van der Waals surface area contributed by atoms with Gasteiger partial charge in [0.2, 0.25) is 5.91 Å². The third-order valence-corrected chi connectivity index (χ3v) is 4.81. The molecule has 5 nitrogen and oxygen atoms in total. The highest BCUT2D eigenvalue weighted by Crippen LogP contribution is 2.23. The summed E-state index contributed by atoms with van der Waals surface area (Å²) >= 11 is 0. The molecule has 1 saturated heterocycles. The van der Waals surface area contributed by atoms with Gasteiger partial charge in [0.05, 0.1) is 6.04 Å². The molecular formula is C21H24FN3O2. The van der Waals surface area contributed by atoms with Crippen LogP contribution in [0.4, 0.5) is 10.1 Å². The van der Waals surface area contributed by atoms with Crippen molar-refractivity contribution in [3.05, 3.63) is 65.5 Å². The average molecular weight is 369 g/mol. The lowest BCUT2D eigenvalue weighted by Gasteiger charge is -2.25. The van der Waals surface area contributed by atoms with Gasteiger partial charge in [0.15, 0.2) is 0 Å². The Morgan fingerprint density at radius 2 is 2.00 bits per heavy atom. The van der Waals surface area contributed by atoms with Crippen molar-refractivity contribution in [1.82, 2.24) is 10.2 Å². The van der Waals surface area contributed by atoms with Gasteiger partial charge in [-0.3, -0.25) is 9.59 Å². The number of anilines is 1. The van der Waals surface area contributed by atoms with Gasteiger partial charge in [-0.05, 0) is 56.4 Å². The van der Waals surface area contributed by atoms with Crippen LogP contribution in [0.15, 0.2) is 48.5 Å². The summed E-state index contributed by atoms with van der Waals surface area (Å²) in [6.07, 6.45) is 1.39. The molecule has 0 unspecified atom stereocenters. The zero-order valence-electron chi connectivity index (χ0n) is 15.6. The van der Waals surface area contributed by atoms with E-state index in [4.69, 9.17) is 0 Å². The van der Waals surface area contributed by atoms with E-state index in [0.29, 0.717) is 25.1 Å². The minimum Gasteiger partial charge on any atom is -0.350 e. The number of hydrogen-bond acceptors (Lipinski definition) is 3. The molecule has 1 fully saturated rings.